The molecule has 0 saturated heterocycles. The maximum Gasteiger partial charge on any atom is 0.154 e. The Kier molecular flexibility index (Phi) is 4.41. The molecular weight excluding hydrogens is 295 g/mol. The largest absolute Gasteiger partial charge is 0.507 e. The molecule has 1 aromatic heterocycles. The Hall–Kier alpha value is -1.45. The van der Waals surface area contributed by atoms with Crippen LogP contribution >= 0.6 is 23.2 Å². The van der Waals surface area contributed by atoms with E-state index in [2.05, 4.69) is 10.3 Å². The monoisotopic (exact) mass is 310 g/mol. The van der Waals surface area contributed by atoms with Gasteiger partial charge in [0.25, 0.3) is 0 Å². The molecule has 0 unspecified atom stereocenters. The number of hydrogen-bond acceptors (Lipinski definition) is 3. The first-order valence-corrected chi connectivity index (χ1v) is 6.99. The number of aromatic hydroxyl groups is 1. The number of phenolic OH excluding ortho intramolecular Hbond substituents is 1. The van der Waals surface area contributed by atoms with Gasteiger partial charge in [-0.25, -0.2) is 4.98 Å². The van der Waals surface area contributed by atoms with Crippen molar-refractivity contribution in [3.63, 3.8) is 0 Å². The summed E-state index contributed by atoms with van der Waals surface area (Å²) in [6.45, 7) is 6.29. The van der Waals surface area contributed by atoms with Crippen LogP contribution < -0.4 is 5.32 Å². The summed E-state index contributed by atoms with van der Waals surface area (Å²) in [4.78, 5) is 4.02. The smallest absolute Gasteiger partial charge is 0.154 e. The Morgan fingerprint density at radius 3 is 2.20 bits per heavy atom. The molecule has 2 N–H and O–H groups in total. The highest BCUT2D eigenvalue weighted by Gasteiger charge is 2.08. The van der Waals surface area contributed by atoms with E-state index in [4.69, 9.17) is 23.2 Å². The lowest BCUT2D eigenvalue weighted by Gasteiger charge is -2.13. The summed E-state index contributed by atoms with van der Waals surface area (Å²) < 4.78 is 0. The van der Waals surface area contributed by atoms with Crippen molar-refractivity contribution >= 4 is 28.9 Å². The van der Waals surface area contributed by atoms with Gasteiger partial charge in [-0.15, -0.1) is 0 Å². The molecule has 0 amide bonds. The maximum atomic E-state index is 9.77. The van der Waals surface area contributed by atoms with Gasteiger partial charge in [0, 0.05) is 6.54 Å². The fourth-order valence-electron chi connectivity index (χ4n) is 2.15. The van der Waals surface area contributed by atoms with E-state index in [0.717, 1.165) is 27.9 Å². The Morgan fingerprint density at radius 1 is 1.05 bits per heavy atom. The summed E-state index contributed by atoms with van der Waals surface area (Å²) in [5.41, 5.74) is 4.52. The quantitative estimate of drug-likeness (QED) is 0.812. The summed E-state index contributed by atoms with van der Waals surface area (Å²) >= 11 is 11.9. The lowest BCUT2D eigenvalue weighted by atomic mass is 10.1. The van der Waals surface area contributed by atoms with Crippen LogP contribution in [0.3, 0.4) is 0 Å². The van der Waals surface area contributed by atoms with Crippen molar-refractivity contribution in [1.29, 1.82) is 0 Å². The minimum atomic E-state index is 0.344. The van der Waals surface area contributed by atoms with E-state index in [9.17, 15) is 5.11 Å². The number of halogens is 2. The number of aryl methyl sites for hydroxylation is 3. The van der Waals surface area contributed by atoms with Gasteiger partial charge in [-0.05, 0) is 49.1 Å². The number of aromatic nitrogens is 1. The molecule has 106 valence electrons. The van der Waals surface area contributed by atoms with Gasteiger partial charge in [0.05, 0.1) is 5.69 Å². The van der Waals surface area contributed by atoms with Crippen LogP contribution in [-0.4, -0.2) is 10.1 Å². The van der Waals surface area contributed by atoms with E-state index in [0.29, 0.717) is 22.6 Å². The van der Waals surface area contributed by atoms with Crippen LogP contribution in [0.4, 0.5) is 5.69 Å². The molecule has 0 aliphatic rings. The molecule has 0 radical (unpaired) electrons. The van der Waals surface area contributed by atoms with Gasteiger partial charge in [-0.3, -0.25) is 0 Å². The highest BCUT2D eigenvalue weighted by atomic mass is 35.5. The second-order valence-corrected chi connectivity index (χ2v) is 5.60. The van der Waals surface area contributed by atoms with Crippen LogP contribution in [0, 0.1) is 20.8 Å². The summed E-state index contributed by atoms with van der Waals surface area (Å²) in [5, 5.41) is 13.8. The zero-order valence-corrected chi connectivity index (χ0v) is 13.1. The van der Waals surface area contributed by atoms with Crippen LogP contribution in [0.1, 0.15) is 22.3 Å². The number of nitrogens with zero attached hydrogens (tertiary/aromatic N) is 1. The third kappa shape index (κ3) is 3.17. The van der Waals surface area contributed by atoms with E-state index in [-0.39, 0.29) is 0 Å². The van der Waals surface area contributed by atoms with Crippen LogP contribution in [0.25, 0.3) is 0 Å². The van der Waals surface area contributed by atoms with E-state index in [1.54, 1.807) is 6.07 Å². The topological polar surface area (TPSA) is 45.2 Å². The molecule has 1 heterocycles. The zero-order valence-electron chi connectivity index (χ0n) is 11.6. The Bertz CT molecular complexity index is 610. The predicted octanol–water partition coefficient (Wildman–Crippen LogP) is 4.63. The summed E-state index contributed by atoms with van der Waals surface area (Å²) in [7, 11) is 0. The average molecular weight is 311 g/mol. The lowest BCUT2D eigenvalue weighted by molar-refractivity contribution is 0.466. The first-order valence-electron chi connectivity index (χ1n) is 6.24. The molecule has 1 aromatic carbocycles. The first-order chi connectivity index (χ1) is 9.38. The Balaban J connectivity index is 2.21. The summed E-state index contributed by atoms with van der Waals surface area (Å²) in [6, 6.07) is 5.66. The number of phenols is 1. The highest BCUT2D eigenvalue weighted by molar-refractivity contribution is 6.34. The zero-order chi connectivity index (χ0) is 14.9. The van der Waals surface area contributed by atoms with Crippen molar-refractivity contribution in [1.82, 2.24) is 4.98 Å². The van der Waals surface area contributed by atoms with Gasteiger partial charge < -0.3 is 10.4 Å². The Labute approximate surface area is 128 Å². The van der Waals surface area contributed by atoms with Crippen molar-refractivity contribution < 1.29 is 5.11 Å². The van der Waals surface area contributed by atoms with Gasteiger partial charge in [0.2, 0.25) is 0 Å². The van der Waals surface area contributed by atoms with Gasteiger partial charge in [-0.2, -0.15) is 0 Å². The number of benzene rings is 1. The summed E-state index contributed by atoms with van der Waals surface area (Å²) in [5.74, 6) is 0.344. The molecule has 5 heteroatoms. The molecule has 2 aromatic rings. The van der Waals surface area contributed by atoms with Gasteiger partial charge in [-0.1, -0.05) is 35.3 Å². The normalized spacial score (nSPS) is 10.7. The molecule has 0 bridgehead atoms. The number of pyridine rings is 1. The van der Waals surface area contributed by atoms with Crippen molar-refractivity contribution in [2.75, 3.05) is 5.32 Å². The highest BCUT2D eigenvalue weighted by Crippen LogP contribution is 2.28. The van der Waals surface area contributed by atoms with E-state index >= 15 is 0 Å². The van der Waals surface area contributed by atoms with E-state index in [1.807, 2.05) is 32.9 Å². The van der Waals surface area contributed by atoms with Crippen molar-refractivity contribution in [2.45, 2.75) is 27.3 Å². The molecule has 0 saturated carbocycles. The molecule has 0 atom stereocenters. The van der Waals surface area contributed by atoms with E-state index < -0.39 is 0 Å². The number of nitrogens with one attached hydrogen (secondary N) is 1. The minimum Gasteiger partial charge on any atom is -0.507 e. The number of hydrogen-bond donors (Lipinski definition) is 2. The van der Waals surface area contributed by atoms with Crippen molar-refractivity contribution in [3.8, 4) is 5.75 Å². The molecule has 0 aliphatic carbocycles. The SMILES string of the molecule is Cc1cc(CNc2c(C)cc(Cl)nc2Cl)cc(C)c1O. The second-order valence-electron chi connectivity index (χ2n) is 4.86. The van der Waals surface area contributed by atoms with Gasteiger partial charge in [0.15, 0.2) is 5.15 Å². The van der Waals surface area contributed by atoms with Crippen LogP contribution in [-0.2, 0) is 6.54 Å². The van der Waals surface area contributed by atoms with Gasteiger partial charge in [0.1, 0.15) is 10.9 Å². The second kappa shape index (κ2) is 5.90. The maximum absolute atomic E-state index is 9.77. The molecule has 0 fully saturated rings. The molecule has 3 nitrogen and oxygen atoms in total. The molecular formula is C15H16Cl2N2O. The molecule has 0 aliphatic heterocycles. The average Bonchev–Trinajstić information content (AvgIpc) is 2.34. The minimum absolute atomic E-state index is 0.344. The fraction of sp³-hybridized carbons (Fsp3) is 0.267. The predicted molar refractivity (Wildman–Crippen MR) is 83.9 cm³/mol. The number of rotatable bonds is 3. The van der Waals surface area contributed by atoms with E-state index in [1.165, 1.54) is 0 Å². The number of anilines is 1. The van der Waals surface area contributed by atoms with Crippen molar-refractivity contribution in [2.24, 2.45) is 0 Å². The molecule has 20 heavy (non-hydrogen) atoms. The third-order valence-corrected chi connectivity index (χ3v) is 3.63. The molecule has 0 spiro atoms. The lowest BCUT2D eigenvalue weighted by Crippen LogP contribution is -2.03. The Morgan fingerprint density at radius 2 is 1.65 bits per heavy atom. The third-order valence-electron chi connectivity index (χ3n) is 3.16. The van der Waals surface area contributed by atoms with Crippen LogP contribution in [0.5, 0.6) is 5.75 Å². The van der Waals surface area contributed by atoms with Crippen molar-refractivity contribution in [3.05, 3.63) is 50.8 Å². The van der Waals surface area contributed by atoms with Crippen LogP contribution in [0.15, 0.2) is 18.2 Å². The molecule has 2 rings (SSSR count). The standard InChI is InChI=1S/C15H16Cl2N2O/c1-8-6-12(16)19-15(17)13(8)18-7-11-4-9(2)14(20)10(3)5-11/h4-6,18,20H,7H2,1-3H3. The summed E-state index contributed by atoms with van der Waals surface area (Å²) in [6.07, 6.45) is 0. The van der Waals surface area contributed by atoms with Crippen LogP contribution in [0.2, 0.25) is 10.3 Å². The van der Waals surface area contributed by atoms with Gasteiger partial charge >= 0.3 is 0 Å². The fourth-order valence-corrected chi connectivity index (χ4v) is 2.74. The first kappa shape index (κ1) is 14.9.